The van der Waals surface area contributed by atoms with Crippen molar-refractivity contribution in [2.75, 3.05) is 32.8 Å². The molecule has 0 aliphatic heterocycles. The van der Waals surface area contributed by atoms with E-state index in [1.165, 1.54) is 31.4 Å². The highest BCUT2D eigenvalue weighted by atomic mass is 35.5. The Morgan fingerprint density at radius 1 is 1.10 bits per heavy atom. The molecule has 4 N–H and O–H groups in total. The van der Waals surface area contributed by atoms with Gasteiger partial charge in [-0.05, 0) is 30.3 Å². The summed E-state index contributed by atoms with van der Waals surface area (Å²) in [5.74, 6) is -0.524. The predicted molar refractivity (Wildman–Crippen MR) is 116 cm³/mol. The van der Waals surface area contributed by atoms with Crippen LogP contribution in [-0.2, 0) is 4.74 Å². The lowest BCUT2D eigenvalue weighted by Crippen LogP contribution is -2.23. The van der Waals surface area contributed by atoms with E-state index in [2.05, 4.69) is 10.3 Å². The van der Waals surface area contributed by atoms with E-state index in [9.17, 15) is 14.4 Å². The van der Waals surface area contributed by atoms with Gasteiger partial charge in [0.1, 0.15) is 12.2 Å². The Bertz CT molecular complexity index is 1210. The number of fused-ring (bicyclic) bond motifs is 1. The molecule has 3 aromatic rings. The van der Waals surface area contributed by atoms with Gasteiger partial charge in [0.2, 0.25) is 5.91 Å². The number of ether oxygens (including phenoxy) is 3. The SMILES string of the molecule is COCCOc1cc2cc(C(=O)Nc3cc(C(N)=O)ccc3Cl)c(=O)[nH]c2cc1OC. The molecule has 0 aliphatic rings. The summed E-state index contributed by atoms with van der Waals surface area (Å²) in [6.45, 7) is 0.676. The number of carbonyl (C=O) groups excluding carboxylic acids is 2. The summed E-state index contributed by atoms with van der Waals surface area (Å²) in [6.07, 6.45) is 0. The van der Waals surface area contributed by atoms with Crippen LogP contribution < -0.4 is 26.1 Å². The number of amides is 2. The van der Waals surface area contributed by atoms with Crippen molar-refractivity contribution in [1.29, 1.82) is 0 Å². The fourth-order valence-electron chi connectivity index (χ4n) is 2.85. The second kappa shape index (κ2) is 9.50. The number of nitrogens with one attached hydrogen (secondary N) is 2. The highest BCUT2D eigenvalue weighted by Crippen LogP contribution is 2.31. The highest BCUT2D eigenvalue weighted by Gasteiger charge is 2.16. The maximum Gasteiger partial charge on any atom is 0.261 e. The first-order chi connectivity index (χ1) is 14.8. The first-order valence-corrected chi connectivity index (χ1v) is 9.49. The summed E-state index contributed by atoms with van der Waals surface area (Å²) in [5, 5.41) is 3.28. The van der Waals surface area contributed by atoms with Gasteiger partial charge in [-0.25, -0.2) is 0 Å². The molecule has 0 bridgehead atoms. The monoisotopic (exact) mass is 445 g/mol. The van der Waals surface area contributed by atoms with Crippen molar-refractivity contribution in [2.45, 2.75) is 0 Å². The van der Waals surface area contributed by atoms with Crippen molar-refractivity contribution in [3.05, 3.63) is 62.9 Å². The van der Waals surface area contributed by atoms with Crippen LogP contribution in [-0.4, -0.2) is 44.2 Å². The molecule has 2 aromatic carbocycles. The van der Waals surface area contributed by atoms with Gasteiger partial charge in [-0.1, -0.05) is 11.6 Å². The summed E-state index contributed by atoms with van der Waals surface area (Å²) >= 11 is 6.09. The van der Waals surface area contributed by atoms with E-state index >= 15 is 0 Å². The van der Waals surface area contributed by atoms with E-state index in [0.717, 1.165) is 0 Å². The second-order valence-corrected chi connectivity index (χ2v) is 6.86. The number of methoxy groups -OCH3 is 2. The number of halogens is 1. The summed E-state index contributed by atoms with van der Waals surface area (Å²) in [5.41, 5.74) is 5.28. The zero-order chi connectivity index (χ0) is 22.5. The van der Waals surface area contributed by atoms with Crippen molar-refractivity contribution in [3.63, 3.8) is 0 Å². The van der Waals surface area contributed by atoms with Crippen LogP contribution in [0.5, 0.6) is 11.5 Å². The molecule has 0 saturated carbocycles. The molecule has 31 heavy (non-hydrogen) atoms. The van der Waals surface area contributed by atoms with E-state index in [1.807, 2.05) is 0 Å². The Hall–Kier alpha value is -3.56. The summed E-state index contributed by atoms with van der Waals surface area (Å²) in [6, 6.07) is 8.88. The number of aromatic amines is 1. The number of rotatable bonds is 8. The van der Waals surface area contributed by atoms with Gasteiger partial charge in [0.05, 0.1) is 29.9 Å². The van der Waals surface area contributed by atoms with Crippen molar-refractivity contribution in [2.24, 2.45) is 5.73 Å². The number of primary amides is 1. The Morgan fingerprint density at radius 3 is 2.55 bits per heavy atom. The fourth-order valence-corrected chi connectivity index (χ4v) is 3.02. The summed E-state index contributed by atoms with van der Waals surface area (Å²) in [4.78, 5) is 39.3. The molecule has 1 heterocycles. The molecule has 0 saturated heterocycles. The molecular formula is C21H20ClN3O6. The standard InChI is InChI=1S/C21H20ClN3O6/c1-29-5-6-31-18-9-12-7-13(20(27)24-15(12)10-17(18)30-2)21(28)25-16-8-11(19(23)26)3-4-14(16)22/h3-4,7-10H,5-6H2,1-2H3,(H2,23,26)(H,24,27)(H,25,28). The molecule has 0 fully saturated rings. The molecule has 0 atom stereocenters. The molecule has 0 spiro atoms. The molecule has 9 nitrogen and oxygen atoms in total. The third-order valence-corrected chi connectivity index (χ3v) is 4.75. The molecule has 3 rings (SSSR count). The molecule has 162 valence electrons. The number of anilines is 1. The van der Waals surface area contributed by atoms with Gasteiger partial charge < -0.3 is 30.2 Å². The van der Waals surface area contributed by atoms with Crippen LogP contribution in [0.15, 0.2) is 41.2 Å². The third kappa shape index (κ3) is 4.96. The van der Waals surface area contributed by atoms with Crippen LogP contribution in [0.4, 0.5) is 5.69 Å². The predicted octanol–water partition coefficient (Wildman–Crippen LogP) is 2.57. The van der Waals surface area contributed by atoms with Crippen molar-refractivity contribution in [1.82, 2.24) is 4.98 Å². The lowest BCUT2D eigenvalue weighted by atomic mass is 10.1. The van der Waals surface area contributed by atoms with Crippen LogP contribution >= 0.6 is 11.6 Å². The quantitative estimate of drug-likeness (QED) is 0.456. The number of carbonyl (C=O) groups is 2. The molecule has 0 unspecified atom stereocenters. The average Bonchev–Trinajstić information content (AvgIpc) is 2.74. The van der Waals surface area contributed by atoms with Gasteiger partial charge in [0, 0.05) is 24.1 Å². The Labute approximate surface area is 182 Å². The zero-order valence-electron chi connectivity index (χ0n) is 16.8. The Balaban J connectivity index is 1.97. The maximum atomic E-state index is 12.8. The topological polar surface area (TPSA) is 133 Å². The van der Waals surface area contributed by atoms with Gasteiger partial charge in [-0.15, -0.1) is 0 Å². The minimum Gasteiger partial charge on any atom is -0.493 e. The van der Waals surface area contributed by atoms with E-state index in [1.54, 1.807) is 19.2 Å². The molecular weight excluding hydrogens is 426 g/mol. The number of hydrogen-bond acceptors (Lipinski definition) is 6. The second-order valence-electron chi connectivity index (χ2n) is 6.46. The van der Waals surface area contributed by atoms with E-state index in [4.69, 9.17) is 31.5 Å². The number of pyridine rings is 1. The third-order valence-electron chi connectivity index (χ3n) is 4.42. The highest BCUT2D eigenvalue weighted by molar-refractivity contribution is 6.34. The minimum atomic E-state index is -0.704. The smallest absolute Gasteiger partial charge is 0.261 e. The Kier molecular flexibility index (Phi) is 6.78. The number of aromatic nitrogens is 1. The van der Waals surface area contributed by atoms with Crippen molar-refractivity contribution < 1.29 is 23.8 Å². The number of H-pyrrole nitrogens is 1. The van der Waals surface area contributed by atoms with Gasteiger partial charge in [0.15, 0.2) is 11.5 Å². The summed E-state index contributed by atoms with van der Waals surface area (Å²) in [7, 11) is 3.04. The fraction of sp³-hybridized carbons (Fsp3) is 0.190. The van der Waals surface area contributed by atoms with E-state index < -0.39 is 17.4 Å². The first-order valence-electron chi connectivity index (χ1n) is 9.11. The normalized spacial score (nSPS) is 10.7. The van der Waals surface area contributed by atoms with Crippen LogP contribution in [0.2, 0.25) is 5.02 Å². The molecule has 1 aromatic heterocycles. The number of hydrogen-bond donors (Lipinski definition) is 3. The molecule has 0 radical (unpaired) electrons. The van der Waals surface area contributed by atoms with Crippen molar-refractivity contribution >= 4 is 40.0 Å². The zero-order valence-corrected chi connectivity index (χ0v) is 17.5. The molecule has 2 amide bonds. The van der Waals surface area contributed by atoms with Crippen LogP contribution in [0.1, 0.15) is 20.7 Å². The van der Waals surface area contributed by atoms with Crippen LogP contribution in [0.3, 0.4) is 0 Å². The van der Waals surface area contributed by atoms with Crippen molar-refractivity contribution in [3.8, 4) is 11.5 Å². The largest absolute Gasteiger partial charge is 0.493 e. The van der Waals surface area contributed by atoms with E-state index in [-0.39, 0.29) is 21.8 Å². The number of nitrogens with two attached hydrogens (primary N) is 1. The lowest BCUT2D eigenvalue weighted by Gasteiger charge is -2.13. The first kappa shape index (κ1) is 22.1. The van der Waals surface area contributed by atoms with E-state index in [0.29, 0.717) is 35.6 Å². The average molecular weight is 446 g/mol. The number of benzene rings is 2. The van der Waals surface area contributed by atoms with Gasteiger partial charge in [-0.3, -0.25) is 14.4 Å². The Morgan fingerprint density at radius 2 is 1.87 bits per heavy atom. The van der Waals surface area contributed by atoms with Gasteiger partial charge in [0.25, 0.3) is 11.5 Å². The van der Waals surface area contributed by atoms with Gasteiger partial charge in [-0.2, -0.15) is 0 Å². The summed E-state index contributed by atoms with van der Waals surface area (Å²) < 4.78 is 15.9. The van der Waals surface area contributed by atoms with Crippen LogP contribution in [0, 0.1) is 0 Å². The lowest BCUT2D eigenvalue weighted by molar-refractivity contribution is 0.0996. The van der Waals surface area contributed by atoms with Gasteiger partial charge >= 0.3 is 0 Å². The maximum absolute atomic E-state index is 12.8. The molecule has 0 aliphatic carbocycles. The molecule has 10 heteroatoms. The van der Waals surface area contributed by atoms with Crippen LogP contribution in [0.25, 0.3) is 10.9 Å². The minimum absolute atomic E-state index is 0.152.